The Labute approximate surface area is 198 Å². The van der Waals surface area contributed by atoms with Crippen LogP contribution in [0, 0.1) is 0 Å². The minimum Gasteiger partial charge on any atom is -0.489 e. The molecule has 3 aromatic carbocycles. The molecule has 4 aromatic rings. The Bertz CT molecular complexity index is 1190. The van der Waals surface area contributed by atoms with Crippen LogP contribution in [-0.4, -0.2) is 32.5 Å². The third-order valence-electron chi connectivity index (χ3n) is 5.32. The van der Waals surface area contributed by atoms with Crippen molar-refractivity contribution >= 4 is 17.4 Å². The SMILES string of the molecule is CC(C)Oc1ccc(C(=O)CC(Cc2ccc(-c3ccccc3)cc2)c2nn[nH]n2)cc1Cl. The summed E-state index contributed by atoms with van der Waals surface area (Å²) < 4.78 is 5.66. The molecule has 0 bridgehead atoms. The van der Waals surface area contributed by atoms with Gasteiger partial charge in [-0.3, -0.25) is 4.79 Å². The molecular formula is C26H25ClN4O2. The van der Waals surface area contributed by atoms with Gasteiger partial charge in [-0.1, -0.05) is 71.4 Å². The standard InChI is InChI=1S/C26H25ClN4O2/c1-17(2)33-25-13-12-21(15-23(25)27)24(32)16-22(26-28-30-31-29-26)14-18-8-10-20(11-9-18)19-6-4-3-5-7-19/h3-13,15,17,22H,14,16H2,1-2H3,(H,28,29,30,31). The van der Waals surface area contributed by atoms with Crippen LogP contribution in [0.2, 0.25) is 5.02 Å². The fourth-order valence-corrected chi connectivity index (χ4v) is 3.94. The number of nitrogens with zero attached hydrogens (tertiary/aromatic N) is 3. The summed E-state index contributed by atoms with van der Waals surface area (Å²) in [6.45, 7) is 3.86. The molecule has 4 rings (SSSR count). The fraction of sp³-hybridized carbons (Fsp3) is 0.231. The van der Waals surface area contributed by atoms with Gasteiger partial charge in [0.15, 0.2) is 11.6 Å². The number of carbonyl (C=O) groups is 1. The summed E-state index contributed by atoms with van der Waals surface area (Å²) >= 11 is 6.33. The van der Waals surface area contributed by atoms with Crippen molar-refractivity contribution in [2.24, 2.45) is 0 Å². The Balaban J connectivity index is 1.50. The first kappa shape index (κ1) is 22.7. The lowest BCUT2D eigenvalue weighted by molar-refractivity contribution is 0.0972. The second-order valence-electron chi connectivity index (χ2n) is 8.17. The highest BCUT2D eigenvalue weighted by molar-refractivity contribution is 6.32. The maximum atomic E-state index is 13.1. The van der Waals surface area contributed by atoms with Crippen molar-refractivity contribution in [2.45, 2.75) is 38.7 Å². The predicted molar refractivity (Wildman–Crippen MR) is 129 cm³/mol. The number of hydrogen-bond donors (Lipinski definition) is 1. The van der Waals surface area contributed by atoms with Gasteiger partial charge in [-0.15, -0.1) is 10.2 Å². The molecule has 0 spiro atoms. The highest BCUT2D eigenvalue weighted by Crippen LogP contribution is 2.29. The van der Waals surface area contributed by atoms with Crippen LogP contribution in [0.5, 0.6) is 5.75 Å². The molecule has 1 aromatic heterocycles. The fourth-order valence-electron chi connectivity index (χ4n) is 3.71. The number of rotatable bonds is 9. The van der Waals surface area contributed by atoms with Crippen molar-refractivity contribution < 1.29 is 9.53 Å². The minimum absolute atomic E-state index is 0.0000454. The van der Waals surface area contributed by atoms with E-state index in [1.165, 1.54) is 0 Å². The van der Waals surface area contributed by atoms with Crippen LogP contribution >= 0.6 is 11.6 Å². The van der Waals surface area contributed by atoms with Crippen LogP contribution in [0.15, 0.2) is 72.8 Å². The van der Waals surface area contributed by atoms with E-state index in [9.17, 15) is 4.79 Å². The number of benzene rings is 3. The molecule has 1 heterocycles. The van der Waals surface area contributed by atoms with Crippen LogP contribution in [0.3, 0.4) is 0 Å². The zero-order valence-electron chi connectivity index (χ0n) is 18.5. The molecule has 1 atom stereocenters. The number of ketones is 1. The Kier molecular flexibility index (Phi) is 7.15. The molecule has 1 N–H and O–H groups in total. The van der Waals surface area contributed by atoms with E-state index in [0.717, 1.165) is 16.7 Å². The van der Waals surface area contributed by atoms with Gasteiger partial charge >= 0.3 is 0 Å². The number of aromatic amines is 1. The lowest BCUT2D eigenvalue weighted by Crippen LogP contribution is -2.12. The number of aromatic nitrogens is 4. The Morgan fingerprint density at radius 3 is 2.36 bits per heavy atom. The van der Waals surface area contributed by atoms with Crippen molar-refractivity contribution in [1.82, 2.24) is 20.6 Å². The van der Waals surface area contributed by atoms with Crippen LogP contribution in [0.4, 0.5) is 0 Å². The van der Waals surface area contributed by atoms with Gasteiger partial charge in [0.05, 0.1) is 11.1 Å². The number of tetrazole rings is 1. The van der Waals surface area contributed by atoms with Crippen LogP contribution in [0.1, 0.15) is 47.9 Å². The van der Waals surface area contributed by atoms with Crippen molar-refractivity contribution in [1.29, 1.82) is 0 Å². The summed E-state index contributed by atoms with van der Waals surface area (Å²) in [5, 5.41) is 14.9. The molecule has 0 radical (unpaired) electrons. The summed E-state index contributed by atoms with van der Waals surface area (Å²) in [5.41, 5.74) is 3.93. The summed E-state index contributed by atoms with van der Waals surface area (Å²) in [6.07, 6.45) is 0.850. The topological polar surface area (TPSA) is 80.8 Å². The highest BCUT2D eigenvalue weighted by atomic mass is 35.5. The Morgan fingerprint density at radius 2 is 1.73 bits per heavy atom. The van der Waals surface area contributed by atoms with Crippen molar-refractivity contribution in [2.75, 3.05) is 0 Å². The number of H-pyrrole nitrogens is 1. The normalized spacial score (nSPS) is 12.0. The molecular weight excluding hydrogens is 436 g/mol. The smallest absolute Gasteiger partial charge is 0.178 e. The van der Waals surface area contributed by atoms with E-state index in [1.807, 2.05) is 32.0 Å². The Hall–Kier alpha value is -3.51. The van der Waals surface area contributed by atoms with Crippen molar-refractivity contribution in [3.8, 4) is 16.9 Å². The van der Waals surface area contributed by atoms with Crippen molar-refractivity contribution in [3.05, 3.63) is 94.8 Å². The van der Waals surface area contributed by atoms with E-state index in [0.29, 0.717) is 28.6 Å². The number of Topliss-reactive ketones (excluding diaryl/α,β-unsaturated/α-hetero) is 1. The predicted octanol–water partition coefficient (Wildman–Crippen LogP) is 5.91. The first-order valence-corrected chi connectivity index (χ1v) is 11.2. The van der Waals surface area contributed by atoms with E-state index in [4.69, 9.17) is 16.3 Å². The molecule has 0 saturated carbocycles. The van der Waals surface area contributed by atoms with E-state index < -0.39 is 0 Å². The summed E-state index contributed by atoms with van der Waals surface area (Å²) in [5.74, 6) is 0.825. The summed E-state index contributed by atoms with van der Waals surface area (Å²) in [6, 6.07) is 23.7. The van der Waals surface area contributed by atoms with Gasteiger partial charge in [0.1, 0.15) is 5.75 Å². The Morgan fingerprint density at radius 1 is 1.00 bits per heavy atom. The second-order valence-corrected chi connectivity index (χ2v) is 8.58. The van der Waals surface area contributed by atoms with Crippen LogP contribution in [0.25, 0.3) is 11.1 Å². The quantitative estimate of drug-likeness (QED) is 0.314. The molecule has 0 saturated heterocycles. The minimum atomic E-state index is -0.218. The monoisotopic (exact) mass is 460 g/mol. The molecule has 0 fully saturated rings. The summed E-state index contributed by atoms with van der Waals surface area (Å²) in [7, 11) is 0. The average Bonchev–Trinajstić information content (AvgIpc) is 3.36. The van der Waals surface area contributed by atoms with Gasteiger partial charge in [0, 0.05) is 17.9 Å². The molecule has 0 aliphatic carbocycles. The largest absolute Gasteiger partial charge is 0.489 e. The molecule has 0 amide bonds. The van der Waals surface area contributed by atoms with Crippen molar-refractivity contribution in [3.63, 3.8) is 0 Å². The van der Waals surface area contributed by atoms with Gasteiger partial charge in [0.2, 0.25) is 0 Å². The van der Waals surface area contributed by atoms with Gasteiger partial charge in [0.25, 0.3) is 0 Å². The summed E-state index contributed by atoms with van der Waals surface area (Å²) in [4.78, 5) is 13.1. The number of carbonyl (C=O) groups excluding carboxylic acids is 1. The van der Waals surface area contributed by atoms with E-state index in [-0.39, 0.29) is 24.2 Å². The molecule has 0 aliphatic rings. The first-order chi connectivity index (χ1) is 16.0. The highest BCUT2D eigenvalue weighted by Gasteiger charge is 2.22. The lowest BCUT2D eigenvalue weighted by atomic mass is 9.91. The first-order valence-electron chi connectivity index (χ1n) is 10.9. The third-order valence-corrected chi connectivity index (χ3v) is 5.61. The maximum absolute atomic E-state index is 13.1. The van der Waals surface area contributed by atoms with Gasteiger partial charge in [-0.05, 0) is 55.2 Å². The number of nitrogens with one attached hydrogen (secondary N) is 1. The molecule has 6 nitrogen and oxygen atoms in total. The third kappa shape index (κ3) is 5.84. The molecule has 0 aliphatic heterocycles. The van der Waals surface area contributed by atoms with Gasteiger partial charge in [-0.25, -0.2) is 0 Å². The van der Waals surface area contributed by atoms with Gasteiger partial charge in [-0.2, -0.15) is 5.21 Å². The van der Waals surface area contributed by atoms with Crippen LogP contribution < -0.4 is 4.74 Å². The van der Waals surface area contributed by atoms with Gasteiger partial charge < -0.3 is 4.74 Å². The number of hydrogen-bond acceptors (Lipinski definition) is 5. The van der Waals surface area contributed by atoms with E-state index in [2.05, 4.69) is 57.0 Å². The number of ether oxygens (including phenoxy) is 1. The molecule has 168 valence electrons. The molecule has 33 heavy (non-hydrogen) atoms. The number of halogens is 1. The van der Waals surface area contributed by atoms with Crippen LogP contribution in [-0.2, 0) is 6.42 Å². The second kappa shape index (κ2) is 10.4. The molecule has 7 heteroatoms. The zero-order valence-corrected chi connectivity index (χ0v) is 19.3. The average molecular weight is 461 g/mol. The maximum Gasteiger partial charge on any atom is 0.178 e. The van der Waals surface area contributed by atoms with E-state index >= 15 is 0 Å². The lowest BCUT2D eigenvalue weighted by Gasteiger charge is -2.15. The zero-order chi connectivity index (χ0) is 23.2. The van der Waals surface area contributed by atoms with E-state index in [1.54, 1.807) is 18.2 Å². The molecule has 1 unspecified atom stereocenters.